The van der Waals surface area contributed by atoms with Crippen molar-refractivity contribution < 1.29 is 4.39 Å². The van der Waals surface area contributed by atoms with Crippen molar-refractivity contribution in [2.45, 2.75) is 32.7 Å². The van der Waals surface area contributed by atoms with Crippen LogP contribution in [0.5, 0.6) is 0 Å². The Labute approximate surface area is 110 Å². The van der Waals surface area contributed by atoms with Crippen molar-refractivity contribution in [3.63, 3.8) is 0 Å². The predicted molar refractivity (Wildman–Crippen MR) is 73.7 cm³/mol. The molecule has 0 spiro atoms. The topological polar surface area (TPSA) is 29.3 Å². The van der Waals surface area contributed by atoms with Crippen molar-refractivity contribution in [2.75, 3.05) is 17.2 Å². The maximum absolute atomic E-state index is 13.4. The molecule has 0 aliphatic heterocycles. The van der Waals surface area contributed by atoms with E-state index in [9.17, 15) is 4.39 Å². The fraction of sp³-hybridized carbons (Fsp3) is 0.538. The first-order chi connectivity index (χ1) is 7.99. The number of hydrogen-bond donors (Lipinski definition) is 1. The Balaban J connectivity index is 2.31. The van der Waals surface area contributed by atoms with Gasteiger partial charge in [0.05, 0.1) is 15.8 Å². The maximum atomic E-state index is 13.4. The molecule has 0 atom stereocenters. The van der Waals surface area contributed by atoms with Crippen LogP contribution in [-0.4, -0.2) is 12.6 Å². The fourth-order valence-electron chi connectivity index (χ4n) is 2.02. The summed E-state index contributed by atoms with van der Waals surface area (Å²) in [4.78, 5) is 2.31. The zero-order valence-electron chi connectivity index (χ0n) is 10.2. The number of rotatable bonds is 4. The Morgan fingerprint density at radius 2 is 2.12 bits per heavy atom. The number of nitrogens with zero attached hydrogens (tertiary/aromatic N) is 1. The van der Waals surface area contributed by atoms with E-state index in [0.717, 1.165) is 12.2 Å². The molecule has 0 heterocycles. The molecule has 94 valence electrons. The first kappa shape index (κ1) is 12.7. The first-order valence-electron chi connectivity index (χ1n) is 6.00. The van der Waals surface area contributed by atoms with E-state index in [1.54, 1.807) is 6.07 Å². The highest BCUT2D eigenvalue weighted by Crippen LogP contribution is 2.37. The molecule has 0 aromatic heterocycles. The van der Waals surface area contributed by atoms with Gasteiger partial charge in [0.25, 0.3) is 0 Å². The lowest BCUT2D eigenvalue weighted by Gasteiger charge is -2.28. The number of hydrogen-bond acceptors (Lipinski definition) is 2. The summed E-state index contributed by atoms with van der Waals surface area (Å²) in [5.74, 6) is 0.269. The standard InChI is InChI=1S/C13H18BrFN2/c1-8(2)7-17(9-3-4-9)13-5-10(14)11(15)6-12(13)16/h5-6,8-9H,3-4,7,16H2,1-2H3. The summed E-state index contributed by atoms with van der Waals surface area (Å²) < 4.78 is 13.8. The second-order valence-electron chi connectivity index (χ2n) is 5.10. The molecule has 17 heavy (non-hydrogen) atoms. The highest BCUT2D eigenvalue weighted by molar-refractivity contribution is 9.10. The second-order valence-corrected chi connectivity index (χ2v) is 5.96. The van der Waals surface area contributed by atoms with Gasteiger partial charge in [0.15, 0.2) is 0 Å². The van der Waals surface area contributed by atoms with Crippen molar-refractivity contribution in [3.8, 4) is 0 Å². The second kappa shape index (κ2) is 4.84. The van der Waals surface area contributed by atoms with Crippen LogP contribution in [-0.2, 0) is 0 Å². The van der Waals surface area contributed by atoms with E-state index in [1.165, 1.54) is 18.9 Å². The van der Waals surface area contributed by atoms with E-state index < -0.39 is 0 Å². The Bertz CT molecular complexity index is 416. The van der Waals surface area contributed by atoms with Gasteiger partial charge in [-0.3, -0.25) is 0 Å². The average Bonchev–Trinajstić information content (AvgIpc) is 3.04. The SMILES string of the molecule is CC(C)CN(c1cc(Br)c(F)cc1N)C1CC1. The molecule has 1 aromatic rings. The number of anilines is 2. The van der Waals surface area contributed by atoms with E-state index in [-0.39, 0.29) is 5.82 Å². The summed E-state index contributed by atoms with van der Waals surface area (Å²) in [6.07, 6.45) is 2.42. The summed E-state index contributed by atoms with van der Waals surface area (Å²) in [6, 6.07) is 3.78. The van der Waals surface area contributed by atoms with Crippen molar-refractivity contribution in [3.05, 3.63) is 22.4 Å². The largest absolute Gasteiger partial charge is 0.397 e. The number of nitrogens with two attached hydrogens (primary N) is 1. The van der Waals surface area contributed by atoms with E-state index in [1.807, 2.05) is 0 Å². The van der Waals surface area contributed by atoms with Gasteiger partial charge in [0.2, 0.25) is 0 Å². The average molecular weight is 301 g/mol. The predicted octanol–water partition coefficient (Wildman–Crippen LogP) is 3.80. The van der Waals surface area contributed by atoms with Crippen LogP contribution in [0.25, 0.3) is 0 Å². The monoisotopic (exact) mass is 300 g/mol. The molecule has 0 amide bonds. The summed E-state index contributed by atoms with van der Waals surface area (Å²) in [6.45, 7) is 5.33. The molecule has 0 bridgehead atoms. The zero-order valence-corrected chi connectivity index (χ0v) is 11.8. The van der Waals surface area contributed by atoms with Crippen molar-refractivity contribution >= 4 is 27.3 Å². The van der Waals surface area contributed by atoms with Crippen LogP contribution < -0.4 is 10.6 Å². The van der Waals surface area contributed by atoms with Crippen molar-refractivity contribution in [1.29, 1.82) is 0 Å². The van der Waals surface area contributed by atoms with Gasteiger partial charge in [-0.2, -0.15) is 0 Å². The molecule has 1 saturated carbocycles. The third-order valence-electron chi connectivity index (χ3n) is 2.93. The minimum absolute atomic E-state index is 0.299. The third kappa shape index (κ3) is 2.92. The van der Waals surface area contributed by atoms with Gasteiger partial charge in [-0.1, -0.05) is 13.8 Å². The molecule has 1 aliphatic carbocycles. The fourth-order valence-corrected chi connectivity index (χ4v) is 2.36. The van der Waals surface area contributed by atoms with E-state index in [0.29, 0.717) is 22.1 Å². The van der Waals surface area contributed by atoms with Crippen molar-refractivity contribution in [2.24, 2.45) is 5.92 Å². The smallest absolute Gasteiger partial charge is 0.139 e. The molecule has 1 fully saturated rings. The highest BCUT2D eigenvalue weighted by atomic mass is 79.9. The van der Waals surface area contributed by atoms with Gasteiger partial charge in [-0.25, -0.2) is 4.39 Å². The van der Waals surface area contributed by atoms with Crippen LogP contribution in [0.2, 0.25) is 0 Å². The van der Waals surface area contributed by atoms with Gasteiger partial charge in [-0.05, 0) is 40.8 Å². The first-order valence-corrected chi connectivity index (χ1v) is 6.79. The Morgan fingerprint density at radius 1 is 1.47 bits per heavy atom. The molecule has 4 heteroatoms. The van der Waals surface area contributed by atoms with E-state index >= 15 is 0 Å². The zero-order chi connectivity index (χ0) is 12.6. The highest BCUT2D eigenvalue weighted by Gasteiger charge is 2.30. The van der Waals surface area contributed by atoms with Crippen LogP contribution in [0.3, 0.4) is 0 Å². The summed E-state index contributed by atoms with van der Waals surface area (Å²) in [7, 11) is 0. The molecule has 0 unspecified atom stereocenters. The number of nitrogen functional groups attached to an aromatic ring is 1. The molecular formula is C13H18BrFN2. The minimum atomic E-state index is -0.299. The maximum Gasteiger partial charge on any atom is 0.139 e. The Kier molecular flexibility index (Phi) is 3.61. The quantitative estimate of drug-likeness (QED) is 0.857. The molecule has 2 rings (SSSR count). The Morgan fingerprint density at radius 3 is 2.65 bits per heavy atom. The van der Waals surface area contributed by atoms with Crippen LogP contribution in [0, 0.1) is 11.7 Å². The number of halogens is 2. The number of benzene rings is 1. The van der Waals surface area contributed by atoms with Crippen LogP contribution >= 0.6 is 15.9 Å². The van der Waals surface area contributed by atoms with Gasteiger partial charge >= 0.3 is 0 Å². The van der Waals surface area contributed by atoms with Gasteiger partial charge < -0.3 is 10.6 Å². The molecule has 0 saturated heterocycles. The summed E-state index contributed by atoms with van der Waals surface area (Å²) in [5, 5.41) is 0. The molecular weight excluding hydrogens is 283 g/mol. The Hall–Kier alpha value is -0.770. The summed E-state index contributed by atoms with van der Waals surface area (Å²) in [5.41, 5.74) is 7.41. The normalized spacial score (nSPS) is 15.4. The van der Waals surface area contributed by atoms with Crippen LogP contribution in [0.1, 0.15) is 26.7 Å². The van der Waals surface area contributed by atoms with Gasteiger partial charge in [0.1, 0.15) is 5.82 Å². The molecule has 1 aromatic carbocycles. The minimum Gasteiger partial charge on any atom is -0.397 e. The summed E-state index contributed by atoms with van der Waals surface area (Å²) >= 11 is 3.23. The molecule has 2 N–H and O–H groups in total. The van der Waals surface area contributed by atoms with Crippen molar-refractivity contribution in [1.82, 2.24) is 0 Å². The molecule has 0 radical (unpaired) electrons. The lowest BCUT2D eigenvalue weighted by atomic mass is 10.1. The lowest BCUT2D eigenvalue weighted by molar-refractivity contribution is 0.603. The van der Waals surface area contributed by atoms with Crippen LogP contribution in [0.15, 0.2) is 16.6 Å². The molecule has 1 aliphatic rings. The van der Waals surface area contributed by atoms with Gasteiger partial charge in [0, 0.05) is 18.7 Å². The van der Waals surface area contributed by atoms with E-state index in [2.05, 4.69) is 34.7 Å². The van der Waals surface area contributed by atoms with Gasteiger partial charge in [-0.15, -0.1) is 0 Å². The van der Waals surface area contributed by atoms with E-state index in [4.69, 9.17) is 5.73 Å². The van der Waals surface area contributed by atoms with Crippen LogP contribution in [0.4, 0.5) is 15.8 Å². The molecule has 2 nitrogen and oxygen atoms in total. The third-order valence-corrected chi connectivity index (χ3v) is 3.54. The lowest BCUT2D eigenvalue weighted by Crippen LogP contribution is -2.30.